The van der Waals surface area contributed by atoms with Gasteiger partial charge in [0, 0.05) is 26.2 Å². The standard InChI is InChI=1S/C24H22N6O5S/c1-29-20-12-19(28-36(32,33)23-25-15-26-27-23)22(13-21(20)30(2)24(29)31)35-18-10-6-9-17(11-18)34-14-16-7-4-3-5-8-16/h3-13,15,28H,14H2,1-2H3,(H,25,26,27). The number of aromatic amines is 1. The summed E-state index contributed by atoms with van der Waals surface area (Å²) in [5.41, 5.74) is 1.96. The molecule has 5 aromatic rings. The third-order valence-electron chi connectivity index (χ3n) is 5.55. The summed E-state index contributed by atoms with van der Waals surface area (Å²) < 4.78 is 43.0. The average Bonchev–Trinajstić information content (AvgIpc) is 3.50. The highest BCUT2D eigenvalue weighted by Crippen LogP contribution is 2.35. The van der Waals surface area contributed by atoms with E-state index in [0.29, 0.717) is 29.1 Å². The highest BCUT2D eigenvalue weighted by atomic mass is 32.2. The number of ether oxygens (including phenoxy) is 2. The molecule has 12 heteroatoms. The Morgan fingerprint density at radius 2 is 1.67 bits per heavy atom. The van der Waals surface area contributed by atoms with E-state index in [1.807, 2.05) is 30.3 Å². The Hall–Kier alpha value is -4.58. The molecule has 2 aromatic heterocycles. The number of aryl methyl sites for hydroxylation is 2. The van der Waals surface area contributed by atoms with Gasteiger partial charge in [-0.2, -0.15) is 13.5 Å². The zero-order valence-corrected chi connectivity index (χ0v) is 20.2. The minimum absolute atomic E-state index is 0.121. The van der Waals surface area contributed by atoms with E-state index in [2.05, 4.69) is 19.9 Å². The molecule has 0 atom stereocenters. The Morgan fingerprint density at radius 1 is 0.944 bits per heavy atom. The van der Waals surface area contributed by atoms with Crippen molar-refractivity contribution in [1.82, 2.24) is 24.3 Å². The number of sulfonamides is 1. The van der Waals surface area contributed by atoms with Gasteiger partial charge in [-0.1, -0.05) is 36.4 Å². The smallest absolute Gasteiger partial charge is 0.328 e. The summed E-state index contributed by atoms with van der Waals surface area (Å²) in [6, 6.07) is 19.9. The summed E-state index contributed by atoms with van der Waals surface area (Å²) in [6.07, 6.45) is 1.09. The van der Waals surface area contributed by atoms with Gasteiger partial charge in [-0.15, -0.1) is 0 Å². The predicted octanol–water partition coefficient (Wildman–Crippen LogP) is 3.17. The summed E-state index contributed by atoms with van der Waals surface area (Å²) in [5.74, 6) is 1.18. The molecule has 2 heterocycles. The molecule has 0 saturated carbocycles. The quantitative estimate of drug-likeness (QED) is 0.330. The van der Waals surface area contributed by atoms with Gasteiger partial charge in [-0.05, 0) is 23.8 Å². The Bertz CT molecular complexity index is 1690. The van der Waals surface area contributed by atoms with Crippen molar-refractivity contribution < 1.29 is 17.9 Å². The fourth-order valence-corrected chi connectivity index (χ4v) is 4.61. The molecule has 0 aliphatic heterocycles. The molecule has 0 unspecified atom stereocenters. The monoisotopic (exact) mass is 506 g/mol. The molecule has 0 spiro atoms. The Balaban J connectivity index is 1.50. The van der Waals surface area contributed by atoms with Crippen LogP contribution in [0.5, 0.6) is 17.2 Å². The Labute approximate surface area is 206 Å². The minimum atomic E-state index is -4.10. The molecule has 11 nitrogen and oxygen atoms in total. The second-order valence-electron chi connectivity index (χ2n) is 7.99. The average molecular weight is 507 g/mol. The molecular formula is C24H22N6O5S. The topological polar surface area (TPSA) is 133 Å². The number of hydrogen-bond acceptors (Lipinski definition) is 7. The molecule has 3 aromatic carbocycles. The molecule has 36 heavy (non-hydrogen) atoms. The second kappa shape index (κ2) is 9.23. The number of nitrogens with one attached hydrogen (secondary N) is 2. The zero-order valence-electron chi connectivity index (χ0n) is 19.4. The molecule has 0 aliphatic rings. The molecule has 0 bridgehead atoms. The molecule has 0 aliphatic carbocycles. The van der Waals surface area contributed by atoms with Gasteiger partial charge in [0.25, 0.3) is 15.2 Å². The van der Waals surface area contributed by atoms with Crippen LogP contribution in [0.15, 0.2) is 83.0 Å². The van der Waals surface area contributed by atoms with Crippen LogP contribution >= 0.6 is 0 Å². The third kappa shape index (κ3) is 4.53. The lowest BCUT2D eigenvalue weighted by Crippen LogP contribution is -2.19. The van der Waals surface area contributed by atoms with Gasteiger partial charge >= 0.3 is 5.69 Å². The first-order chi connectivity index (χ1) is 17.3. The van der Waals surface area contributed by atoms with E-state index in [-0.39, 0.29) is 22.3 Å². The van der Waals surface area contributed by atoms with E-state index in [1.165, 1.54) is 15.2 Å². The molecule has 0 amide bonds. The largest absolute Gasteiger partial charge is 0.489 e. The first-order valence-electron chi connectivity index (χ1n) is 10.8. The second-order valence-corrected chi connectivity index (χ2v) is 9.58. The maximum absolute atomic E-state index is 12.8. The van der Waals surface area contributed by atoms with Gasteiger partial charge in [0.1, 0.15) is 24.4 Å². The molecule has 5 rings (SSSR count). The molecule has 184 valence electrons. The number of fused-ring (bicyclic) bond motifs is 1. The maximum atomic E-state index is 12.8. The highest BCUT2D eigenvalue weighted by Gasteiger charge is 2.22. The zero-order chi connectivity index (χ0) is 25.3. The van der Waals surface area contributed by atoms with Gasteiger partial charge in [0.15, 0.2) is 5.75 Å². The molecule has 2 N–H and O–H groups in total. The SMILES string of the molecule is Cn1c(=O)n(C)c2cc(Oc3cccc(OCc4ccccc4)c3)c(NS(=O)(=O)c3ncn[nH]3)cc21. The molecular weight excluding hydrogens is 484 g/mol. The first kappa shape index (κ1) is 23.2. The van der Waals surface area contributed by atoms with Crippen molar-refractivity contribution in [3.8, 4) is 17.2 Å². The van der Waals surface area contributed by atoms with E-state index < -0.39 is 10.0 Å². The number of benzene rings is 3. The van der Waals surface area contributed by atoms with E-state index in [9.17, 15) is 13.2 Å². The summed E-state index contributed by atoms with van der Waals surface area (Å²) in [7, 11) is -0.861. The van der Waals surface area contributed by atoms with Gasteiger partial charge in [-0.3, -0.25) is 13.9 Å². The van der Waals surface area contributed by atoms with Crippen LogP contribution in [-0.2, 0) is 30.7 Å². The van der Waals surface area contributed by atoms with Crippen molar-refractivity contribution in [3.05, 3.63) is 89.1 Å². The normalized spacial score (nSPS) is 11.5. The van der Waals surface area contributed by atoms with Crippen molar-refractivity contribution >= 4 is 26.7 Å². The predicted molar refractivity (Wildman–Crippen MR) is 133 cm³/mol. The number of H-pyrrole nitrogens is 1. The van der Waals surface area contributed by atoms with Crippen LogP contribution < -0.4 is 19.9 Å². The minimum Gasteiger partial charge on any atom is -0.489 e. The van der Waals surface area contributed by atoms with Crippen LogP contribution in [0.2, 0.25) is 0 Å². The van der Waals surface area contributed by atoms with Crippen LogP contribution in [0.4, 0.5) is 5.69 Å². The molecule has 0 fully saturated rings. The fourth-order valence-electron chi connectivity index (χ4n) is 3.70. The lowest BCUT2D eigenvalue weighted by atomic mass is 10.2. The van der Waals surface area contributed by atoms with E-state index in [4.69, 9.17) is 9.47 Å². The van der Waals surface area contributed by atoms with Gasteiger partial charge in [-0.25, -0.2) is 14.9 Å². The van der Waals surface area contributed by atoms with E-state index in [1.54, 1.807) is 44.4 Å². The number of nitrogens with zero attached hydrogens (tertiary/aromatic N) is 4. The van der Waals surface area contributed by atoms with Crippen molar-refractivity contribution in [3.63, 3.8) is 0 Å². The van der Waals surface area contributed by atoms with Crippen LogP contribution in [0.25, 0.3) is 11.0 Å². The molecule has 0 radical (unpaired) electrons. The van der Waals surface area contributed by atoms with Crippen molar-refractivity contribution in [2.75, 3.05) is 4.72 Å². The maximum Gasteiger partial charge on any atom is 0.328 e. The summed E-state index contributed by atoms with van der Waals surface area (Å²) in [4.78, 5) is 16.2. The summed E-state index contributed by atoms with van der Waals surface area (Å²) in [6.45, 7) is 0.380. The number of imidazole rings is 1. The van der Waals surface area contributed by atoms with Crippen LogP contribution in [0.3, 0.4) is 0 Å². The number of anilines is 1. The van der Waals surface area contributed by atoms with Gasteiger partial charge in [0.05, 0.1) is 16.7 Å². The Morgan fingerprint density at radius 3 is 2.39 bits per heavy atom. The lowest BCUT2D eigenvalue weighted by Gasteiger charge is -2.14. The fraction of sp³-hybridized carbons (Fsp3) is 0.125. The number of hydrogen-bond donors (Lipinski definition) is 2. The van der Waals surface area contributed by atoms with Crippen molar-refractivity contribution in [1.29, 1.82) is 0 Å². The molecule has 0 saturated heterocycles. The van der Waals surface area contributed by atoms with Crippen LogP contribution in [-0.4, -0.2) is 32.7 Å². The number of rotatable bonds is 8. The van der Waals surface area contributed by atoms with Crippen molar-refractivity contribution in [2.24, 2.45) is 14.1 Å². The van der Waals surface area contributed by atoms with Crippen molar-refractivity contribution in [2.45, 2.75) is 11.8 Å². The lowest BCUT2D eigenvalue weighted by molar-refractivity contribution is 0.304. The van der Waals surface area contributed by atoms with E-state index in [0.717, 1.165) is 11.9 Å². The van der Waals surface area contributed by atoms with Gasteiger partial charge in [0.2, 0.25) is 0 Å². The Kier molecular flexibility index (Phi) is 5.94. The van der Waals surface area contributed by atoms with E-state index >= 15 is 0 Å². The number of aromatic nitrogens is 5. The van der Waals surface area contributed by atoms with Crippen LogP contribution in [0, 0.1) is 0 Å². The summed E-state index contributed by atoms with van der Waals surface area (Å²) >= 11 is 0. The third-order valence-corrected chi connectivity index (χ3v) is 6.74. The van der Waals surface area contributed by atoms with Gasteiger partial charge < -0.3 is 9.47 Å². The first-order valence-corrected chi connectivity index (χ1v) is 12.3. The highest BCUT2D eigenvalue weighted by molar-refractivity contribution is 7.92. The summed E-state index contributed by atoms with van der Waals surface area (Å²) in [5, 5.41) is 5.58. The van der Waals surface area contributed by atoms with Crippen LogP contribution in [0.1, 0.15) is 5.56 Å².